The van der Waals surface area contributed by atoms with Gasteiger partial charge in [0.2, 0.25) is 0 Å². The molecule has 0 aliphatic carbocycles. The molecule has 0 unspecified atom stereocenters. The van der Waals surface area contributed by atoms with E-state index in [4.69, 9.17) is 4.42 Å². The number of aryl methyl sites for hydroxylation is 1. The molecule has 0 N–H and O–H groups in total. The Labute approximate surface area is 94.3 Å². The number of benzene rings is 2. The molecule has 0 amide bonds. The van der Waals surface area contributed by atoms with Crippen LogP contribution >= 0.6 is 0 Å². The maximum Gasteiger partial charge on any atom is 0.141 e. The van der Waals surface area contributed by atoms with Gasteiger partial charge in [-0.05, 0) is 18.6 Å². The fourth-order valence-corrected chi connectivity index (χ4v) is 1.95. The highest BCUT2D eigenvalue weighted by Crippen LogP contribution is 2.29. The van der Waals surface area contributed by atoms with E-state index in [0.29, 0.717) is 0 Å². The number of hydrogen-bond acceptors (Lipinski definition) is 1. The second kappa shape index (κ2) is 3.53. The van der Waals surface area contributed by atoms with Crippen molar-refractivity contribution in [3.8, 4) is 11.1 Å². The number of furan rings is 1. The average molecular weight is 208 g/mol. The smallest absolute Gasteiger partial charge is 0.141 e. The molecule has 0 spiro atoms. The molecule has 0 saturated carbocycles. The van der Waals surface area contributed by atoms with E-state index in [9.17, 15) is 0 Å². The molecule has 1 aromatic heterocycles. The largest absolute Gasteiger partial charge is 0.464 e. The zero-order chi connectivity index (χ0) is 11.0. The highest BCUT2D eigenvalue weighted by molar-refractivity contribution is 5.92. The molecule has 0 atom stereocenters. The molecule has 3 rings (SSSR count). The van der Waals surface area contributed by atoms with Crippen molar-refractivity contribution in [2.45, 2.75) is 6.92 Å². The van der Waals surface area contributed by atoms with Gasteiger partial charge < -0.3 is 4.42 Å². The van der Waals surface area contributed by atoms with E-state index in [1.54, 1.807) is 6.26 Å². The van der Waals surface area contributed by atoms with Crippen LogP contribution in [0.3, 0.4) is 0 Å². The number of hydrogen-bond donors (Lipinski definition) is 0. The summed E-state index contributed by atoms with van der Waals surface area (Å²) in [5, 5.41) is 1.15. The van der Waals surface area contributed by atoms with Crippen molar-refractivity contribution in [3.63, 3.8) is 0 Å². The Bertz CT molecular complexity index is 617. The lowest BCUT2D eigenvalue weighted by molar-refractivity contribution is 0.617. The number of para-hydroxylation sites is 1. The monoisotopic (exact) mass is 208 g/mol. The van der Waals surface area contributed by atoms with Gasteiger partial charge in [0, 0.05) is 10.9 Å². The highest BCUT2D eigenvalue weighted by Gasteiger charge is 2.05. The molecular weight excluding hydrogens is 196 g/mol. The molecule has 0 aliphatic rings. The zero-order valence-electron chi connectivity index (χ0n) is 9.10. The van der Waals surface area contributed by atoms with Crippen LogP contribution in [0.4, 0.5) is 0 Å². The first-order chi connectivity index (χ1) is 7.84. The molecule has 1 nitrogen and oxygen atoms in total. The second-order valence-corrected chi connectivity index (χ2v) is 4.01. The van der Waals surface area contributed by atoms with Crippen molar-refractivity contribution in [2.24, 2.45) is 0 Å². The zero-order valence-corrected chi connectivity index (χ0v) is 9.10. The highest BCUT2D eigenvalue weighted by atomic mass is 16.3. The third-order valence-corrected chi connectivity index (χ3v) is 2.84. The minimum absolute atomic E-state index is 0.964. The lowest BCUT2D eigenvalue weighted by Gasteiger charge is -2.02. The molecule has 0 bridgehead atoms. The summed E-state index contributed by atoms with van der Waals surface area (Å²) in [6.07, 6.45) is 1.74. The Morgan fingerprint density at radius 3 is 2.50 bits per heavy atom. The van der Waals surface area contributed by atoms with E-state index in [1.165, 1.54) is 11.1 Å². The van der Waals surface area contributed by atoms with Crippen LogP contribution in [0.2, 0.25) is 0 Å². The Kier molecular flexibility index (Phi) is 2.03. The normalized spacial score (nSPS) is 10.8. The second-order valence-electron chi connectivity index (χ2n) is 4.01. The van der Waals surface area contributed by atoms with Crippen molar-refractivity contribution >= 4 is 11.0 Å². The predicted octanol–water partition coefficient (Wildman–Crippen LogP) is 4.41. The first-order valence-electron chi connectivity index (χ1n) is 5.38. The van der Waals surface area contributed by atoms with Crippen molar-refractivity contribution in [2.75, 3.05) is 0 Å². The molecule has 78 valence electrons. The van der Waals surface area contributed by atoms with Crippen molar-refractivity contribution in [1.29, 1.82) is 0 Å². The van der Waals surface area contributed by atoms with E-state index in [0.717, 1.165) is 16.5 Å². The quantitative estimate of drug-likeness (QED) is 0.577. The van der Waals surface area contributed by atoms with Gasteiger partial charge in [0.1, 0.15) is 5.58 Å². The topological polar surface area (TPSA) is 13.1 Å². The number of rotatable bonds is 1. The molecule has 0 radical (unpaired) electrons. The van der Waals surface area contributed by atoms with Gasteiger partial charge in [-0.25, -0.2) is 0 Å². The SMILES string of the molecule is Cc1ccc(-c2cccc3ccoc23)cc1. The lowest BCUT2D eigenvalue weighted by atomic mass is 10.0. The van der Waals surface area contributed by atoms with Gasteiger partial charge >= 0.3 is 0 Å². The van der Waals surface area contributed by atoms with Gasteiger partial charge in [-0.2, -0.15) is 0 Å². The standard InChI is InChI=1S/C15H12O/c1-11-5-7-12(8-6-11)14-4-2-3-13-9-10-16-15(13)14/h2-10H,1H3. The van der Waals surface area contributed by atoms with Crippen LogP contribution in [-0.2, 0) is 0 Å². The maximum absolute atomic E-state index is 5.53. The summed E-state index contributed by atoms with van der Waals surface area (Å²) in [6.45, 7) is 2.09. The molecule has 0 saturated heterocycles. The van der Waals surface area contributed by atoms with Gasteiger partial charge in [-0.1, -0.05) is 48.0 Å². The van der Waals surface area contributed by atoms with Crippen LogP contribution in [0.5, 0.6) is 0 Å². The Morgan fingerprint density at radius 2 is 1.69 bits per heavy atom. The summed E-state index contributed by atoms with van der Waals surface area (Å²) >= 11 is 0. The van der Waals surface area contributed by atoms with Crippen LogP contribution in [-0.4, -0.2) is 0 Å². The molecule has 2 aromatic carbocycles. The summed E-state index contributed by atoms with van der Waals surface area (Å²) < 4.78 is 5.53. The molecule has 1 heterocycles. The van der Waals surface area contributed by atoms with Crippen LogP contribution in [0, 0.1) is 6.92 Å². The van der Waals surface area contributed by atoms with Crippen LogP contribution in [0.1, 0.15) is 5.56 Å². The molecular formula is C15H12O. The Hall–Kier alpha value is -2.02. The summed E-state index contributed by atoms with van der Waals surface area (Å²) in [4.78, 5) is 0. The Morgan fingerprint density at radius 1 is 0.875 bits per heavy atom. The molecule has 1 heteroatoms. The van der Waals surface area contributed by atoms with E-state index >= 15 is 0 Å². The fourth-order valence-electron chi connectivity index (χ4n) is 1.95. The summed E-state index contributed by atoms with van der Waals surface area (Å²) in [6, 6.07) is 16.7. The lowest BCUT2D eigenvalue weighted by Crippen LogP contribution is -1.79. The molecule has 0 aliphatic heterocycles. The van der Waals surface area contributed by atoms with E-state index in [1.807, 2.05) is 6.07 Å². The van der Waals surface area contributed by atoms with E-state index in [-0.39, 0.29) is 0 Å². The van der Waals surface area contributed by atoms with Crippen molar-refractivity contribution < 1.29 is 4.42 Å². The van der Waals surface area contributed by atoms with Gasteiger partial charge in [-0.15, -0.1) is 0 Å². The third-order valence-electron chi connectivity index (χ3n) is 2.84. The van der Waals surface area contributed by atoms with Gasteiger partial charge in [-0.3, -0.25) is 0 Å². The first kappa shape index (κ1) is 9.22. The van der Waals surface area contributed by atoms with E-state index in [2.05, 4.69) is 49.4 Å². The summed E-state index contributed by atoms with van der Waals surface area (Å²) in [5.41, 5.74) is 4.59. The average Bonchev–Trinajstić information content (AvgIpc) is 2.78. The van der Waals surface area contributed by atoms with Crippen molar-refractivity contribution in [3.05, 3.63) is 60.4 Å². The van der Waals surface area contributed by atoms with E-state index < -0.39 is 0 Å². The Balaban J connectivity index is 2.25. The van der Waals surface area contributed by atoms with Gasteiger partial charge in [0.15, 0.2) is 0 Å². The van der Waals surface area contributed by atoms with Gasteiger partial charge in [0.05, 0.1) is 6.26 Å². The summed E-state index contributed by atoms with van der Waals surface area (Å²) in [7, 11) is 0. The molecule has 3 aromatic rings. The minimum Gasteiger partial charge on any atom is -0.464 e. The summed E-state index contributed by atoms with van der Waals surface area (Å²) in [5.74, 6) is 0. The van der Waals surface area contributed by atoms with Crippen LogP contribution in [0.25, 0.3) is 22.1 Å². The minimum atomic E-state index is 0.964. The predicted molar refractivity (Wildman–Crippen MR) is 66.4 cm³/mol. The van der Waals surface area contributed by atoms with Crippen LogP contribution < -0.4 is 0 Å². The fraction of sp³-hybridized carbons (Fsp3) is 0.0667. The molecule has 0 fully saturated rings. The third kappa shape index (κ3) is 1.41. The van der Waals surface area contributed by atoms with Crippen molar-refractivity contribution in [1.82, 2.24) is 0 Å². The number of fused-ring (bicyclic) bond motifs is 1. The molecule has 16 heavy (non-hydrogen) atoms. The first-order valence-corrected chi connectivity index (χ1v) is 5.38. The maximum atomic E-state index is 5.53. The van der Waals surface area contributed by atoms with Crippen LogP contribution in [0.15, 0.2) is 59.2 Å². The van der Waals surface area contributed by atoms with Gasteiger partial charge in [0.25, 0.3) is 0 Å².